The molecular formula is C11H17NS. The molecule has 2 rings (SSSR count). The van der Waals surface area contributed by atoms with Crippen LogP contribution in [0.1, 0.15) is 41.4 Å². The van der Waals surface area contributed by atoms with Gasteiger partial charge in [0, 0.05) is 21.7 Å². The molecule has 1 fully saturated rings. The lowest BCUT2D eigenvalue weighted by molar-refractivity contribution is 0.389. The Morgan fingerprint density at radius 2 is 2.08 bits per heavy atom. The van der Waals surface area contributed by atoms with Crippen LogP contribution in [0.2, 0.25) is 0 Å². The topological polar surface area (TPSA) is 26.0 Å². The van der Waals surface area contributed by atoms with Gasteiger partial charge in [0.25, 0.3) is 0 Å². The summed E-state index contributed by atoms with van der Waals surface area (Å²) < 4.78 is 0. The molecule has 0 saturated heterocycles. The number of rotatable bonds is 1. The van der Waals surface area contributed by atoms with Gasteiger partial charge >= 0.3 is 0 Å². The first-order valence-electron chi connectivity index (χ1n) is 5.09. The summed E-state index contributed by atoms with van der Waals surface area (Å²) in [7, 11) is 0. The fourth-order valence-corrected chi connectivity index (χ4v) is 3.25. The molecule has 2 atom stereocenters. The largest absolute Gasteiger partial charge is 0.327 e. The highest BCUT2D eigenvalue weighted by molar-refractivity contribution is 7.12. The zero-order chi connectivity index (χ0) is 9.26. The molecule has 1 aromatic heterocycles. The third-order valence-electron chi connectivity index (χ3n) is 2.95. The monoisotopic (exact) mass is 195 g/mol. The second-order valence-corrected chi connectivity index (χ2v) is 5.32. The molecule has 0 aromatic carbocycles. The van der Waals surface area contributed by atoms with Crippen molar-refractivity contribution in [1.82, 2.24) is 0 Å². The van der Waals surface area contributed by atoms with Crippen LogP contribution in [0.5, 0.6) is 0 Å². The zero-order valence-corrected chi connectivity index (χ0v) is 8.94. The Bertz CT molecular complexity index is 279. The lowest BCUT2D eigenvalue weighted by Gasteiger charge is -2.27. The quantitative estimate of drug-likeness (QED) is 0.732. The molecule has 1 aliphatic carbocycles. The van der Waals surface area contributed by atoms with Crippen LogP contribution in [-0.2, 0) is 0 Å². The molecule has 0 aliphatic heterocycles. The summed E-state index contributed by atoms with van der Waals surface area (Å²) >= 11 is 1.92. The summed E-state index contributed by atoms with van der Waals surface area (Å²) in [5, 5.41) is 0. The molecule has 2 heteroatoms. The lowest BCUT2D eigenvalue weighted by Crippen LogP contribution is -2.30. The maximum atomic E-state index is 6.13. The van der Waals surface area contributed by atoms with E-state index >= 15 is 0 Å². The zero-order valence-electron chi connectivity index (χ0n) is 8.12. The van der Waals surface area contributed by atoms with Gasteiger partial charge in [-0.25, -0.2) is 0 Å². The van der Waals surface area contributed by atoms with E-state index in [1.165, 1.54) is 35.4 Å². The predicted octanol–water partition coefficient (Wildman–Crippen LogP) is 3.04. The molecule has 1 heterocycles. The molecule has 0 spiro atoms. The average Bonchev–Trinajstić information content (AvgIpc) is 2.53. The van der Waals surface area contributed by atoms with E-state index in [0.717, 1.165) is 0 Å². The number of thiophene rings is 1. The van der Waals surface area contributed by atoms with E-state index < -0.39 is 0 Å². The molecule has 13 heavy (non-hydrogen) atoms. The fourth-order valence-electron chi connectivity index (χ4n) is 2.17. The standard InChI is InChI=1S/C11H17NS/c1-8-6-7-11(13-8)9-4-2-3-5-10(9)12/h6-7,9-10H,2-5,12H2,1H3. The van der Waals surface area contributed by atoms with E-state index in [-0.39, 0.29) is 0 Å². The predicted molar refractivity (Wildman–Crippen MR) is 58.2 cm³/mol. The maximum absolute atomic E-state index is 6.13. The third-order valence-corrected chi connectivity index (χ3v) is 4.08. The molecule has 2 unspecified atom stereocenters. The van der Waals surface area contributed by atoms with Gasteiger partial charge in [-0.05, 0) is 31.9 Å². The summed E-state index contributed by atoms with van der Waals surface area (Å²) in [6.07, 6.45) is 5.18. The van der Waals surface area contributed by atoms with Gasteiger partial charge in [-0.15, -0.1) is 11.3 Å². The van der Waals surface area contributed by atoms with Crippen LogP contribution in [-0.4, -0.2) is 6.04 Å². The van der Waals surface area contributed by atoms with Crippen molar-refractivity contribution >= 4 is 11.3 Å². The first-order valence-corrected chi connectivity index (χ1v) is 5.91. The Morgan fingerprint density at radius 3 is 2.69 bits per heavy atom. The Hall–Kier alpha value is -0.340. The van der Waals surface area contributed by atoms with Crippen molar-refractivity contribution < 1.29 is 0 Å². The Labute approximate surface area is 84.0 Å². The van der Waals surface area contributed by atoms with Crippen molar-refractivity contribution in [1.29, 1.82) is 0 Å². The van der Waals surface area contributed by atoms with Gasteiger partial charge in [0.15, 0.2) is 0 Å². The van der Waals surface area contributed by atoms with Gasteiger partial charge in [-0.2, -0.15) is 0 Å². The van der Waals surface area contributed by atoms with E-state index in [9.17, 15) is 0 Å². The van der Waals surface area contributed by atoms with E-state index in [4.69, 9.17) is 5.73 Å². The van der Waals surface area contributed by atoms with Crippen molar-refractivity contribution in [3.63, 3.8) is 0 Å². The minimum absolute atomic E-state index is 0.409. The summed E-state index contributed by atoms with van der Waals surface area (Å²) in [5.74, 6) is 0.646. The molecule has 0 bridgehead atoms. The Kier molecular flexibility index (Phi) is 2.70. The van der Waals surface area contributed by atoms with Crippen molar-refractivity contribution in [3.8, 4) is 0 Å². The second-order valence-electron chi connectivity index (χ2n) is 4.00. The molecule has 72 valence electrons. The first-order chi connectivity index (χ1) is 6.27. The van der Waals surface area contributed by atoms with Crippen LogP contribution in [0.25, 0.3) is 0 Å². The molecule has 0 radical (unpaired) electrons. The highest BCUT2D eigenvalue weighted by Gasteiger charge is 2.24. The molecule has 1 aromatic rings. The normalized spacial score (nSPS) is 29.1. The number of hydrogen-bond acceptors (Lipinski definition) is 2. The van der Waals surface area contributed by atoms with Crippen molar-refractivity contribution in [3.05, 3.63) is 21.9 Å². The van der Waals surface area contributed by atoms with Crippen molar-refractivity contribution in [2.45, 2.75) is 44.6 Å². The summed E-state index contributed by atoms with van der Waals surface area (Å²) in [5.41, 5.74) is 6.13. The highest BCUT2D eigenvalue weighted by atomic mass is 32.1. The van der Waals surface area contributed by atoms with Crippen LogP contribution < -0.4 is 5.73 Å². The van der Waals surface area contributed by atoms with Crippen LogP contribution >= 0.6 is 11.3 Å². The molecule has 1 aliphatic rings. The van der Waals surface area contributed by atoms with E-state index in [1.54, 1.807) is 0 Å². The second kappa shape index (κ2) is 3.81. The molecule has 0 amide bonds. The van der Waals surface area contributed by atoms with Gasteiger partial charge < -0.3 is 5.73 Å². The summed E-state index contributed by atoms with van der Waals surface area (Å²) in [6, 6.07) is 4.88. The molecule has 2 N–H and O–H groups in total. The number of hydrogen-bond donors (Lipinski definition) is 1. The first kappa shape index (κ1) is 9.22. The maximum Gasteiger partial charge on any atom is 0.0116 e. The van der Waals surface area contributed by atoms with Crippen LogP contribution in [0, 0.1) is 6.92 Å². The SMILES string of the molecule is Cc1ccc(C2CCCCC2N)s1. The molecule has 1 saturated carbocycles. The van der Waals surface area contributed by atoms with Crippen LogP contribution in [0.3, 0.4) is 0 Å². The van der Waals surface area contributed by atoms with Gasteiger partial charge in [0.05, 0.1) is 0 Å². The van der Waals surface area contributed by atoms with E-state index in [0.29, 0.717) is 12.0 Å². The molecular weight excluding hydrogens is 178 g/mol. The van der Waals surface area contributed by atoms with Gasteiger partial charge in [0.2, 0.25) is 0 Å². The minimum atomic E-state index is 0.409. The van der Waals surface area contributed by atoms with Crippen LogP contribution in [0.4, 0.5) is 0 Å². The Morgan fingerprint density at radius 1 is 1.31 bits per heavy atom. The Balaban J connectivity index is 2.14. The van der Waals surface area contributed by atoms with Gasteiger partial charge in [0.1, 0.15) is 0 Å². The van der Waals surface area contributed by atoms with E-state index in [1.807, 2.05) is 11.3 Å². The average molecular weight is 195 g/mol. The van der Waals surface area contributed by atoms with Gasteiger partial charge in [-0.3, -0.25) is 0 Å². The van der Waals surface area contributed by atoms with Gasteiger partial charge in [-0.1, -0.05) is 12.8 Å². The molecule has 1 nitrogen and oxygen atoms in total. The summed E-state index contributed by atoms with van der Waals surface area (Å²) in [4.78, 5) is 2.91. The van der Waals surface area contributed by atoms with E-state index in [2.05, 4.69) is 19.1 Å². The number of aryl methyl sites for hydroxylation is 1. The lowest BCUT2D eigenvalue weighted by atomic mass is 9.84. The van der Waals surface area contributed by atoms with Crippen molar-refractivity contribution in [2.75, 3.05) is 0 Å². The highest BCUT2D eigenvalue weighted by Crippen LogP contribution is 2.35. The van der Waals surface area contributed by atoms with Crippen LogP contribution in [0.15, 0.2) is 12.1 Å². The van der Waals surface area contributed by atoms with Crippen molar-refractivity contribution in [2.24, 2.45) is 5.73 Å². The summed E-state index contributed by atoms with van der Waals surface area (Å²) in [6.45, 7) is 2.17. The fraction of sp³-hybridized carbons (Fsp3) is 0.636. The smallest absolute Gasteiger partial charge is 0.0116 e. The number of nitrogens with two attached hydrogens (primary N) is 1. The minimum Gasteiger partial charge on any atom is -0.327 e. The third kappa shape index (κ3) is 1.94.